The van der Waals surface area contributed by atoms with Crippen molar-refractivity contribution in [2.45, 2.75) is 31.1 Å². The van der Waals surface area contributed by atoms with Crippen LogP contribution in [-0.4, -0.2) is 43.8 Å². The minimum atomic E-state index is -3.57. The fourth-order valence-corrected chi connectivity index (χ4v) is 4.42. The maximum Gasteiger partial charge on any atom is 0.242 e. The van der Waals surface area contributed by atoms with Crippen molar-refractivity contribution in [2.24, 2.45) is 0 Å². The van der Waals surface area contributed by atoms with Gasteiger partial charge in [-0.25, -0.2) is 12.7 Å². The predicted octanol–water partition coefficient (Wildman–Crippen LogP) is 2.24. The van der Waals surface area contributed by atoms with Crippen LogP contribution in [-0.2, 0) is 27.7 Å². The molecule has 0 saturated carbocycles. The number of hydrogen-bond acceptors (Lipinski definition) is 4. The van der Waals surface area contributed by atoms with Crippen LogP contribution in [0.5, 0.6) is 0 Å². The van der Waals surface area contributed by atoms with Gasteiger partial charge in [0.1, 0.15) is 0 Å². The first-order valence-electron chi connectivity index (χ1n) is 8.66. The van der Waals surface area contributed by atoms with E-state index in [9.17, 15) is 13.2 Å². The third-order valence-corrected chi connectivity index (χ3v) is 6.58. The molecule has 7 heteroatoms. The van der Waals surface area contributed by atoms with Crippen molar-refractivity contribution in [3.05, 3.63) is 53.9 Å². The summed E-state index contributed by atoms with van der Waals surface area (Å²) < 4.78 is 27.2. The molecule has 1 aromatic carbocycles. The molecule has 0 bridgehead atoms. The molecule has 0 aliphatic carbocycles. The van der Waals surface area contributed by atoms with Gasteiger partial charge in [0.25, 0.3) is 0 Å². The third-order valence-electron chi connectivity index (χ3n) is 4.72. The molecule has 0 N–H and O–H groups in total. The van der Waals surface area contributed by atoms with Gasteiger partial charge in [-0.3, -0.25) is 9.78 Å². The summed E-state index contributed by atoms with van der Waals surface area (Å²) in [7, 11) is -1.97. The summed E-state index contributed by atoms with van der Waals surface area (Å²) in [5.74, 6) is -0.0176. The molecule has 3 rings (SSSR count). The molecule has 0 atom stereocenters. The van der Waals surface area contributed by atoms with Crippen LogP contribution >= 0.6 is 0 Å². The molecule has 26 heavy (non-hydrogen) atoms. The van der Waals surface area contributed by atoms with Gasteiger partial charge in [0.15, 0.2) is 0 Å². The fraction of sp³-hybridized carbons (Fsp3) is 0.368. The smallest absolute Gasteiger partial charge is 0.242 e. The van der Waals surface area contributed by atoms with Gasteiger partial charge in [-0.05, 0) is 60.7 Å². The number of aromatic nitrogens is 1. The van der Waals surface area contributed by atoms with Crippen molar-refractivity contribution in [3.63, 3.8) is 0 Å². The summed E-state index contributed by atoms with van der Waals surface area (Å²) in [5, 5.41) is 0. The zero-order valence-electron chi connectivity index (χ0n) is 15.1. The Kier molecular flexibility index (Phi) is 5.38. The summed E-state index contributed by atoms with van der Waals surface area (Å²) in [4.78, 5) is 17.7. The minimum absolute atomic E-state index is 0.0176. The summed E-state index contributed by atoms with van der Waals surface area (Å²) >= 11 is 0. The number of benzene rings is 1. The first kappa shape index (κ1) is 18.5. The van der Waals surface area contributed by atoms with Crippen molar-refractivity contribution in [3.8, 4) is 0 Å². The van der Waals surface area contributed by atoms with Gasteiger partial charge < -0.3 is 4.90 Å². The standard InChI is InChI=1S/C19H23N3O3S/c1-15(23)22-12-3-4-17-14-18(5-6-19(17)22)26(24,25)21(2)13-9-16-7-10-20-11-8-16/h5-8,10-11,14H,3-4,9,12-13H2,1-2H3. The average Bonchev–Trinajstić information content (AvgIpc) is 2.65. The molecule has 1 aliphatic rings. The third kappa shape index (κ3) is 3.78. The molecular formula is C19H23N3O3S. The molecule has 6 nitrogen and oxygen atoms in total. The van der Waals surface area contributed by atoms with Gasteiger partial charge in [-0.2, -0.15) is 0 Å². The Bertz CT molecular complexity index is 898. The molecular weight excluding hydrogens is 350 g/mol. The van der Waals surface area contributed by atoms with Gasteiger partial charge in [-0.1, -0.05) is 0 Å². The van der Waals surface area contributed by atoms with Crippen LogP contribution in [0, 0.1) is 0 Å². The average molecular weight is 373 g/mol. The molecule has 1 amide bonds. The van der Waals surface area contributed by atoms with E-state index in [0.29, 0.717) is 19.5 Å². The monoisotopic (exact) mass is 373 g/mol. The van der Waals surface area contributed by atoms with E-state index in [2.05, 4.69) is 4.98 Å². The second-order valence-corrected chi connectivity index (χ2v) is 8.54. The van der Waals surface area contributed by atoms with Gasteiger partial charge >= 0.3 is 0 Å². The van der Waals surface area contributed by atoms with Crippen molar-refractivity contribution in [1.29, 1.82) is 0 Å². The lowest BCUT2D eigenvalue weighted by Gasteiger charge is -2.29. The van der Waals surface area contributed by atoms with Gasteiger partial charge in [0.2, 0.25) is 15.9 Å². The number of aryl methyl sites for hydroxylation is 1. The van der Waals surface area contributed by atoms with E-state index in [0.717, 1.165) is 29.7 Å². The van der Waals surface area contributed by atoms with Crippen molar-refractivity contribution < 1.29 is 13.2 Å². The number of nitrogens with zero attached hydrogens (tertiary/aromatic N) is 3. The van der Waals surface area contributed by atoms with Crippen LogP contribution in [0.25, 0.3) is 0 Å². The molecule has 1 aromatic heterocycles. The molecule has 0 unspecified atom stereocenters. The number of carbonyl (C=O) groups excluding carboxylic acids is 1. The van der Waals surface area contributed by atoms with Crippen LogP contribution < -0.4 is 4.90 Å². The highest BCUT2D eigenvalue weighted by Gasteiger charge is 2.25. The lowest BCUT2D eigenvalue weighted by Crippen LogP contribution is -2.34. The highest BCUT2D eigenvalue weighted by Crippen LogP contribution is 2.30. The van der Waals surface area contributed by atoms with E-state index in [1.807, 2.05) is 12.1 Å². The Morgan fingerprint density at radius 3 is 2.65 bits per heavy atom. The number of rotatable bonds is 5. The summed E-state index contributed by atoms with van der Waals surface area (Å²) in [5.41, 5.74) is 2.78. The number of pyridine rings is 1. The Hall–Kier alpha value is -2.25. The normalized spacial score (nSPS) is 14.3. The number of anilines is 1. The summed E-state index contributed by atoms with van der Waals surface area (Å²) in [6.45, 7) is 2.61. The van der Waals surface area contributed by atoms with Gasteiger partial charge in [-0.15, -0.1) is 0 Å². The quantitative estimate of drug-likeness (QED) is 0.806. The first-order chi connectivity index (χ1) is 12.4. The van der Waals surface area contributed by atoms with Crippen LogP contribution in [0.1, 0.15) is 24.5 Å². The zero-order chi connectivity index (χ0) is 18.7. The van der Waals surface area contributed by atoms with E-state index in [1.165, 1.54) is 11.2 Å². The van der Waals surface area contributed by atoms with Crippen LogP contribution in [0.3, 0.4) is 0 Å². The first-order valence-corrected chi connectivity index (χ1v) is 10.1. The zero-order valence-corrected chi connectivity index (χ0v) is 15.9. The van der Waals surface area contributed by atoms with Crippen LogP contribution in [0.4, 0.5) is 5.69 Å². The van der Waals surface area contributed by atoms with E-state index in [4.69, 9.17) is 0 Å². The lowest BCUT2D eigenvalue weighted by atomic mass is 10.0. The Morgan fingerprint density at radius 2 is 1.96 bits per heavy atom. The molecule has 0 fully saturated rings. The SMILES string of the molecule is CC(=O)N1CCCc2cc(S(=O)(=O)N(C)CCc3ccncc3)ccc21. The number of carbonyl (C=O) groups is 1. The topological polar surface area (TPSA) is 70.6 Å². The van der Waals surface area contributed by atoms with E-state index in [1.54, 1.807) is 42.5 Å². The highest BCUT2D eigenvalue weighted by atomic mass is 32.2. The number of hydrogen-bond donors (Lipinski definition) is 0. The van der Waals surface area contributed by atoms with Crippen molar-refractivity contribution in [2.75, 3.05) is 25.0 Å². The van der Waals surface area contributed by atoms with E-state index < -0.39 is 10.0 Å². The number of sulfonamides is 1. The maximum atomic E-state index is 12.9. The Balaban J connectivity index is 1.80. The molecule has 0 spiro atoms. The molecule has 0 radical (unpaired) electrons. The van der Waals surface area contributed by atoms with Crippen molar-refractivity contribution >= 4 is 21.6 Å². The predicted molar refractivity (Wildman–Crippen MR) is 101 cm³/mol. The molecule has 138 valence electrons. The fourth-order valence-electron chi connectivity index (χ4n) is 3.20. The lowest BCUT2D eigenvalue weighted by molar-refractivity contribution is -0.116. The van der Waals surface area contributed by atoms with E-state index >= 15 is 0 Å². The molecule has 2 heterocycles. The maximum absolute atomic E-state index is 12.9. The van der Waals surface area contributed by atoms with Gasteiger partial charge in [0.05, 0.1) is 4.90 Å². The number of fused-ring (bicyclic) bond motifs is 1. The second kappa shape index (κ2) is 7.55. The largest absolute Gasteiger partial charge is 0.312 e. The second-order valence-electron chi connectivity index (χ2n) is 6.50. The summed E-state index contributed by atoms with van der Waals surface area (Å²) in [6, 6.07) is 8.83. The van der Waals surface area contributed by atoms with Crippen LogP contribution in [0.2, 0.25) is 0 Å². The number of likely N-dealkylation sites (N-methyl/N-ethyl adjacent to an activating group) is 1. The Labute approximate surface area is 154 Å². The Morgan fingerprint density at radius 1 is 1.23 bits per heavy atom. The van der Waals surface area contributed by atoms with E-state index in [-0.39, 0.29) is 10.8 Å². The molecule has 1 aliphatic heterocycles. The minimum Gasteiger partial charge on any atom is -0.312 e. The summed E-state index contributed by atoms with van der Waals surface area (Å²) in [6.07, 6.45) is 5.65. The highest BCUT2D eigenvalue weighted by molar-refractivity contribution is 7.89. The van der Waals surface area contributed by atoms with Crippen LogP contribution in [0.15, 0.2) is 47.6 Å². The van der Waals surface area contributed by atoms with Crippen molar-refractivity contribution in [1.82, 2.24) is 9.29 Å². The molecule has 0 saturated heterocycles. The van der Waals surface area contributed by atoms with Gasteiger partial charge in [0, 0.05) is 45.1 Å². The number of amides is 1. The molecule has 2 aromatic rings.